The fourth-order valence-corrected chi connectivity index (χ4v) is 4.56. The Balaban J connectivity index is 2.01. The molecule has 1 aromatic heterocycles. The number of carboxylic acid groups (broad SMARTS) is 1. The molecule has 1 aromatic rings. The molecule has 1 heterocycles. The summed E-state index contributed by atoms with van der Waals surface area (Å²) in [5.74, 6) is 0.0556. The number of nitrogens with zero attached hydrogens (tertiary/aromatic N) is 2. The summed E-state index contributed by atoms with van der Waals surface area (Å²) in [6.45, 7) is 10.5. The molecule has 1 atom stereocenters. The van der Waals surface area contributed by atoms with E-state index in [1.54, 1.807) is 0 Å². The van der Waals surface area contributed by atoms with E-state index >= 15 is 0 Å². The average molecular weight is 380 g/mol. The van der Waals surface area contributed by atoms with Gasteiger partial charge in [0.2, 0.25) is 5.89 Å². The maximum atomic E-state index is 11.3. The van der Waals surface area contributed by atoms with Crippen LogP contribution in [0.25, 0.3) is 0 Å². The number of rotatable bonds is 10. The smallest absolute Gasteiger partial charge is 0.304 e. The quantitative estimate of drug-likeness (QED) is 0.601. The Morgan fingerprint density at radius 2 is 2.00 bits per heavy atom. The molecule has 0 bridgehead atoms. The van der Waals surface area contributed by atoms with Crippen LogP contribution >= 0.6 is 0 Å². The van der Waals surface area contributed by atoms with Gasteiger partial charge in [-0.1, -0.05) is 58.5 Å². The van der Waals surface area contributed by atoms with Crippen LogP contribution < -0.4 is 5.32 Å². The van der Waals surface area contributed by atoms with Crippen LogP contribution in [0, 0.1) is 10.8 Å². The third-order valence-corrected chi connectivity index (χ3v) is 6.40. The van der Waals surface area contributed by atoms with Gasteiger partial charge in [-0.05, 0) is 43.1 Å². The summed E-state index contributed by atoms with van der Waals surface area (Å²) in [5.41, 5.74) is 0.642. The molecule has 2 N–H and O–H groups in total. The molecule has 0 aliphatic heterocycles. The second-order valence-corrected chi connectivity index (χ2v) is 9.11. The van der Waals surface area contributed by atoms with Crippen molar-refractivity contribution in [2.24, 2.45) is 10.8 Å². The van der Waals surface area contributed by atoms with E-state index in [4.69, 9.17) is 4.52 Å². The molecule has 0 amide bonds. The lowest BCUT2D eigenvalue weighted by Gasteiger charge is -2.48. The second-order valence-electron chi connectivity index (χ2n) is 9.11. The van der Waals surface area contributed by atoms with E-state index in [0.717, 1.165) is 25.8 Å². The number of hydrogen-bond donors (Lipinski definition) is 2. The summed E-state index contributed by atoms with van der Waals surface area (Å²) in [6, 6.07) is 0. The van der Waals surface area contributed by atoms with Gasteiger partial charge in [0.05, 0.1) is 13.0 Å². The molecular weight excluding hydrogens is 342 g/mol. The molecule has 0 saturated heterocycles. The topological polar surface area (TPSA) is 88.2 Å². The Kier molecular flexibility index (Phi) is 7.83. The van der Waals surface area contributed by atoms with Gasteiger partial charge >= 0.3 is 5.97 Å². The predicted molar refractivity (Wildman–Crippen MR) is 105 cm³/mol. The van der Waals surface area contributed by atoms with Crippen LogP contribution in [0.2, 0.25) is 0 Å². The molecule has 0 unspecified atom stereocenters. The van der Waals surface area contributed by atoms with Gasteiger partial charge in [0.15, 0.2) is 5.82 Å². The summed E-state index contributed by atoms with van der Waals surface area (Å²) in [4.78, 5) is 15.8. The van der Waals surface area contributed by atoms with E-state index in [-0.39, 0.29) is 17.8 Å². The zero-order chi connectivity index (χ0) is 19.9. The molecule has 6 nitrogen and oxygen atoms in total. The summed E-state index contributed by atoms with van der Waals surface area (Å²) in [7, 11) is 0. The third kappa shape index (κ3) is 6.03. The molecular formula is C21H37N3O3. The van der Waals surface area contributed by atoms with E-state index in [9.17, 15) is 9.90 Å². The lowest BCUT2D eigenvalue weighted by Crippen LogP contribution is -2.37. The molecule has 27 heavy (non-hydrogen) atoms. The Morgan fingerprint density at radius 1 is 1.30 bits per heavy atom. The first kappa shape index (κ1) is 21.9. The minimum absolute atomic E-state index is 0.0470. The molecule has 0 radical (unpaired) electrons. The van der Waals surface area contributed by atoms with Gasteiger partial charge < -0.3 is 14.9 Å². The minimum atomic E-state index is -0.811. The summed E-state index contributed by atoms with van der Waals surface area (Å²) in [5, 5.41) is 16.5. The van der Waals surface area contributed by atoms with Gasteiger partial charge in [-0.25, -0.2) is 0 Å². The summed E-state index contributed by atoms with van der Waals surface area (Å²) in [6.07, 6.45) is 9.51. The van der Waals surface area contributed by atoms with Crippen LogP contribution in [0.1, 0.15) is 103 Å². The second kappa shape index (κ2) is 9.67. The minimum Gasteiger partial charge on any atom is -0.481 e. The lowest BCUT2D eigenvalue weighted by atomic mass is 9.57. The molecule has 0 spiro atoms. The van der Waals surface area contributed by atoms with Crippen molar-refractivity contribution >= 4 is 5.97 Å². The zero-order valence-corrected chi connectivity index (χ0v) is 17.5. The third-order valence-electron chi connectivity index (χ3n) is 6.40. The highest BCUT2D eigenvalue weighted by molar-refractivity contribution is 5.67. The highest BCUT2D eigenvalue weighted by atomic mass is 16.5. The fraction of sp³-hybridized carbons (Fsp3) is 0.857. The van der Waals surface area contributed by atoms with Gasteiger partial charge in [-0.15, -0.1) is 0 Å². The maximum absolute atomic E-state index is 11.3. The number of hydrogen-bond acceptors (Lipinski definition) is 5. The van der Waals surface area contributed by atoms with Crippen molar-refractivity contribution in [1.82, 2.24) is 15.5 Å². The molecule has 154 valence electrons. The lowest BCUT2D eigenvalue weighted by molar-refractivity contribution is -0.137. The monoisotopic (exact) mass is 379 g/mol. The van der Waals surface area contributed by atoms with Crippen molar-refractivity contribution in [3.63, 3.8) is 0 Å². The predicted octanol–water partition coefficient (Wildman–Crippen LogP) is 4.90. The SMILES string of the molecule is CCNCc1noc([C@H](CCCC2(C(C)(C)C)CCCCC2)CC(=O)O)n1. The van der Waals surface area contributed by atoms with E-state index in [2.05, 4.69) is 36.2 Å². The summed E-state index contributed by atoms with van der Waals surface area (Å²) < 4.78 is 5.40. The van der Waals surface area contributed by atoms with Crippen molar-refractivity contribution in [2.45, 2.75) is 97.9 Å². The number of carbonyl (C=O) groups is 1. The van der Waals surface area contributed by atoms with Gasteiger partial charge in [-0.2, -0.15) is 4.98 Å². The number of nitrogens with one attached hydrogen (secondary N) is 1. The highest BCUT2D eigenvalue weighted by Gasteiger charge is 2.41. The van der Waals surface area contributed by atoms with Gasteiger partial charge in [0.1, 0.15) is 0 Å². The summed E-state index contributed by atoms with van der Waals surface area (Å²) >= 11 is 0. The highest BCUT2D eigenvalue weighted by Crippen LogP contribution is 2.53. The van der Waals surface area contributed by atoms with E-state index in [1.807, 2.05) is 6.92 Å². The first-order chi connectivity index (χ1) is 12.8. The van der Waals surface area contributed by atoms with E-state index < -0.39 is 5.97 Å². The molecule has 1 aliphatic carbocycles. The molecule has 1 fully saturated rings. The van der Waals surface area contributed by atoms with Crippen LogP contribution in [0.15, 0.2) is 4.52 Å². The molecule has 1 aliphatic rings. The van der Waals surface area contributed by atoms with Crippen molar-refractivity contribution in [1.29, 1.82) is 0 Å². The Hall–Kier alpha value is -1.43. The van der Waals surface area contributed by atoms with E-state index in [1.165, 1.54) is 32.1 Å². The average Bonchev–Trinajstić information content (AvgIpc) is 3.07. The maximum Gasteiger partial charge on any atom is 0.304 e. The van der Waals surface area contributed by atoms with Crippen molar-refractivity contribution < 1.29 is 14.4 Å². The molecule has 1 saturated carbocycles. The van der Waals surface area contributed by atoms with Crippen molar-refractivity contribution in [2.75, 3.05) is 6.54 Å². The zero-order valence-electron chi connectivity index (χ0n) is 17.5. The number of aromatic nitrogens is 2. The first-order valence-corrected chi connectivity index (χ1v) is 10.5. The number of carboxylic acids is 1. The van der Waals surface area contributed by atoms with Crippen LogP contribution in [0.4, 0.5) is 0 Å². The Labute approximate surface area is 163 Å². The van der Waals surface area contributed by atoms with Gasteiger partial charge in [-0.3, -0.25) is 4.79 Å². The molecule has 0 aromatic carbocycles. The van der Waals surface area contributed by atoms with Crippen molar-refractivity contribution in [3.05, 3.63) is 11.7 Å². The fourth-order valence-electron chi connectivity index (χ4n) is 4.56. The van der Waals surface area contributed by atoms with Gasteiger partial charge in [0, 0.05) is 5.92 Å². The largest absolute Gasteiger partial charge is 0.481 e. The van der Waals surface area contributed by atoms with Crippen molar-refractivity contribution in [3.8, 4) is 0 Å². The Morgan fingerprint density at radius 3 is 2.59 bits per heavy atom. The van der Waals surface area contributed by atoms with Crippen LogP contribution in [0.5, 0.6) is 0 Å². The van der Waals surface area contributed by atoms with Gasteiger partial charge in [0.25, 0.3) is 0 Å². The normalized spacial score (nSPS) is 18.4. The van der Waals surface area contributed by atoms with E-state index in [0.29, 0.717) is 23.7 Å². The van der Waals surface area contributed by atoms with Crippen LogP contribution in [-0.2, 0) is 11.3 Å². The molecule has 6 heteroatoms. The number of aliphatic carboxylic acids is 1. The molecule has 2 rings (SSSR count). The van der Waals surface area contributed by atoms with Crippen LogP contribution in [-0.4, -0.2) is 27.8 Å². The Bertz CT molecular complexity index is 586. The van der Waals surface area contributed by atoms with Crippen LogP contribution in [0.3, 0.4) is 0 Å². The standard InChI is InChI=1S/C21H37N3O3/c1-5-22-15-17-23-19(27-24-17)16(14-18(25)26)10-9-13-21(20(2,3)4)11-7-6-8-12-21/h16,22H,5-15H2,1-4H3,(H,25,26)/t16-/m1/s1. The first-order valence-electron chi connectivity index (χ1n) is 10.5.